The van der Waals surface area contributed by atoms with Crippen molar-refractivity contribution in [1.29, 1.82) is 0 Å². The zero-order valence-electron chi connectivity index (χ0n) is 12.3. The Balaban J connectivity index is 2.52. The van der Waals surface area contributed by atoms with Crippen LogP contribution in [-0.4, -0.2) is 46.3 Å². The van der Waals surface area contributed by atoms with Crippen molar-refractivity contribution in [2.45, 2.75) is 18.4 Å². The highest BCUT2D eigenvalue weighted by molar-refractivity contribution is 5.50. The number of hydrogen-bond donors (Lipinski definition) is 1. The summed E-state index contributed by atoms with van der Waals surface area (Å²) in [6, 6.07) is 5.99. The van der Waals surface area contributed by atoms with Crippen molar-refractivity contribution < 1.29 is 9.47 Å². The van der Waals surface area contributed by atoms with Crippen LogP contribution in [0.25, 0.3) is 0 Å². The molecule has 1 aromatic rings. The third-order valence-corrected chi connectivity index (χ3v) is 3.74. The smallest absolute Gasteiger partial charge is 0.127 e. The number of nitrogens with one attached hydrogen (secondary N) is 1. The highest BCUT2D eigenvalue weighted by Gasteiger charge is 2.40. The second-order valence-corrected chi connectivity index (χ2v) is 5.39. The highest BCUT2D eigenvalue weighted by Crippen LogP contribution is 2.42. The maximum atomic E-state index is 5.57. The molecule has 0 aromatic heterocycles. The van der Waals surface area contributed by atoms with Gasteiger partial charge in [0.05, 0.1) is 25.3 Å². The van der Waals surface area contributed by atoms with Gasteiger partial charge in [-0.1, -0.05) is 6.07 Å². The number of likely N-dealkylation sites (N-methyl/N-ethyl adjacent to an activating group) is 1. The molecule has 1 N–H and O–H groups in total. The summed E-state index contributed by atoms with van der Waals surface area (Å²) in [7, 11) is 7.64. The molecule has 0 amide bonds. The fourth-order valence-electron chi connectivity index (χ4n) is 3.10. The summed E-state index contributed by atoms with van der Waals surface area (Å²) >= 11 is 0. The standard InChI is InChI=1S/C15H24N2O2/c1-17(2)11-15(9-6-10-16-15)14-12(18-3)7-5-8-13(14)19-4/h5,7-8,16H,6,9-11H2,1-4H3. The van der Waals surface area contributed by atoms with Crippen LogP contribution in [0.15, 0.2) is 18.2 Å². The van der Waals surface area contributed by atoms with E-state index in [4.69, 9.17) is 9.47 Å². The zero-order valence-corrected chi connectivity index (χ0v) is 12.3. The molecule has 4 heteroatoms. The van der Waals surface area contributed by atoms with Crippen molar-refractivity contribution in [3.8, 4) is 11.5 Å². The van der Waals surface area contributed by atoms with Gasteiger partial charge in [-0.3, -0.25) is 0 Å². The summed E-state index contributed by atoms with van der Waals surface area (Å²) in [6.07, 6.45) is 2.27. The molecule has 19 heavy (non-hydrogen) atoms. The molecule has 0 saturated carbocycles. The van der Waals surface area contributed by atoms with Crippen LogP contribution in [0.5, 0.6) is 11.5 Å². The summed E-state index contributed by atoms with van der Waals surface area (Å²) in [5.74, 6) is 1.80. The van der Waals surface area contributed by atoms with Gasteiger partial charge in [0, 0.05) is 6.54 Å². The molecule has 1 saturated heterocycles. The lowest BCUT2D eigenvalue weighted by Gasteiger charge is -2.35. The molecular formula is C15H24N2O2. The van der Waals surface area contributed by atoms with Crippen LogP contribution >= 0.6 is 0 Å². The summed E-state index contributed by atoms with van der Waals surface area (Å²) in [4.78, 5) is 2.21. The molecule has 2 rings (SSSR count). The molecule has 1 fully saturated rings. The van der Waals surface area contributed by atoms with E-state index in [0.717, 1.165) is 36.6 Å². The first-order valence-corrected chi connectivity index (χ1v) is 6.74. The molecule has 106 valence electrons. The van der Waals surface area contributed by atoms with Crippen molar-refractivity contribution >= 4 is 0 Å². The molecule has 1 aliphatic rings. The Morgan fingerprint density at radius 3 is 2.26 bits per heavy atom. The molecule has 1 atom stereocenters. The van der Waals surface area contributed by atoms with E-state index in [1.165, 1.54) is 6.42 Å². The maximum absolute atomic E-state index is 5.57. The van der Waals surface area contributed by atoms with E-state index in [-0.39, 0.29) is 5.54 Å². The second kappa shape index (κ2) is 5.80. The normalized spacial score (nSPS) is 22.8. The Bertz CT molecular complexity index is 404. The van der Waals surface area contributed by atoms with Gasteiger partial charge in [0.1, 0.15) is 11.5 Å². The molecule has 1 heterocycles. The van der Waals surface area contributed by atoms with E-state index in [1.54, 1.807) is 14.2 Å². The van der Waals surface area contributed by atoms with Crippen LogP contribution in [0.4, 0.5) is 0 Å². The van der Waals surface area contributed by atoms with E-state index < -0.39 is 0 Å². The Labute approximate surface area is 115 Å². The molecular weight excluding hydrogens is 240 g/mol. The number of benzene rings is 1. The summed E-state index contributed by atoms with van der Waals surface area (Å²) < 4.78 is 11.1. The SMILES string of the molecule is COc1cccc(OC)c1C1(CN(C)C)CCCN1. The fourth-order valence-corrected chi connectivity index (χ4v) is 3.10. The van der Waals surface area contributed by atoms with Crippen molar-refractivity contribution in [2.24, 2.45) is 0 Å². The number of hydrogen-bond acceptors (Lipinski definition) is 4. The van der Waals surface area contributed by atoms with Crippen molar-refractivity contribution in [3.63, 3.8) is 0 Å². The molecule has 0 radical (unpaired) electrons. The minimum Gasteiger partial charge on any atom is -0.496 e. The van der Waals surface area contributed by atoms with Crippen molar-refractivity contribution in [1.82, 2.24) is 10.2 Å². The van der Waals surface area contributed by atoms with E-state index >= 15 is 0 Å². The van der Waals surface area contributed by atoms with Crippen LogP contribution in [-0.2, 0) is 5.54 Å². The highest BCUT2D eigenvalue weighted by atomic mass is 16.5. The monoisotopic (exact) mass is 264 g/mol. The predicted octanol–water partition coefficient (Wildman–Crippen LogP) is 1.84. The quantitative estimate of drug-likeness (QED) is 0.880. The minimum absolute atomic E-state index is 0.0819. The summed E-state index contributed by atoms with van der Waals surface area (Å²) in [5.41, 5.74) is 1.06. The van der Waals surface area contributed by atoms with Crippen molar-refractivity contribution in [2.75, 3.05) is 41.4 Å². The topological polar surface area (TPSA) is 33.7 Å². The van der Waals surface area contributed by atoms with Crippen LogP contribution in [0.1, 0.15) is 18.4 Å². The third-order valence-electron chi connectivity index (χ3n) is 3.74. The first kappa shape index (κ1) is 14.2. The molecule has 0 spiro atoms. The number of nitrogens with zero attached hydrogens (tertiary/aromatic N) is 1. The third kappa shape index (κ3) is 2.69. The van der Waals surface area contributed by atoms with Crippen LogP contribution < -0.4 is 14.8 Å². The van der Waals surface area contributed by atoms with E-state index in [1.807, 2.05) is 18.2 Å². The molecule has 4 nitrogen and oxygen atoms in total. The second-order valence-electron chi connectivity index (χ2n) is 5.39. The zero-order chi connectivity index (χ0) is 13.9. The lowest BCUT2D eigenvalue weighted by molar-refractivity contribution is 0.244. The first-order valence-electron chi connectivity index (χ1n) is 6.74. The van der Waals surface area contributed by atoms with E-state index in [2.05, 4.69) is 24.3 Å². The van der Waals surface area contributed by atoms with E-state index in [0.29, 0.717) is 0 Å². The summed E-state index contributed by atoms with van der Waals surface area (Å²) in [6.45, 7) is 1.97. The minimum atomic E-state index is -0.0819. The van der Waals surface area contributed by atoms with E-state index in [9.17, 15) is 0 Å². The maximum Gasteiger partial charge on any atom is 0.127 e. The van der Waals surface area contributed by atoms with Crippen LogP contribution in [0, 0.1) is 0 Å². The number of methoxy groups -OCH3 is 2. The molecule has 1 aromatic carbocycles. The van der Waals surface area contributed by atoms with Gasteiger partial charge >= 0.3 is 0 Å². The number of ether oxygens (including phenoxy) is 2. The van der Waals surface area contributed by atoms with Gasteiger partial charge < -0.3 is 19.7 Å². The lowest BCUT2D eigenvalue weighted by atomic mass is 9.86. The average Bonchev–Trinajstić information content (AvgIpc) is 2.86. The Hall–Kier alpha value is -1.26. The van der Waals surface area contributed by atoms with Gasteiger partial charge in [0.15, 0.2) is 0 Å². The fraction of sp³-hybridized carbons (Fsp3) is 0.600. The Morgan fingerprint density at radius 2 is 1.84 bits per heavy atom. The van der Waals surface area contributed by atoms with Gasteiger partial charge in [-0.25, -0.2) is 0 Å². The molecule has 1 unspecified atom stereocenters. The average molecular weight is 264 g/mol. The van der Waals surface area contributed by atoms with Gasteiger partial charge in [0.2, 0.25) is 0 Å². The Kier molecular flexibility index (Phi) is 4.32. The van der Waals surface area contributed by atoms with Gasteiger partial charge in [-0.15, -0.1) is 0 Å². The van der Waals surface area contributed by atoms with Gasteiger partial charge in [-0.05, 0) is 45.6 Å². The molecule has 0 bridgehead atoms. The summed E-state index contributed by atoms with van der Waals surface area (Å²) in [5, 5.41) is 3.67. The number of rotatable bonds is 5. The van der Waals surface area contributed by atoms with Crippen LogP contribution in [0.3, 0.4) is 0 Å². The Morgan fingerprint density at radius 1 is 1.21 bits per heavy atom. The van der Waals surface area contributed by atoms with Crippen molar-refractivity contribution in [3.05, 3.63) is 23.8 Å². The largest absolute Gasteiger partial charge is 0.496 e. The van der Waals surface area contributed by atoms with Gasteiger partial charge in [0.25, 0.3) is 0 Å². The van der Waals surface area contributed by atoms with Crippen LogP contribution in [0.2, 0.25) is 0 Å². The molecule has 0 aliphatic carbocycles. The first-order chi connectivity index (χ1) is 9.13. The van der Waals surface area contributed by atoms with Gasteiger partial charge in [-0.2, -0.15) is 0 Å². The molecule has 1 aliphatic heterocycles. The predicted molar refractivity (Wildman–Crippen MR) is 77.0 cm³/mol. The lowest BCUT2D eigenvalue weighted by Crippen LogP contribution is -2.45.